The van der Waals surface area contributed by atoms with Crippen molar-refractivity contribution in [2.45, 2.75) is 26.3 Å². The van der Waals surface area contributed by atoms with Crippen molar-refractivity contribution in [2.24, 2.45) is 0 Å². The lowest BCUT2D eigenvalue weighted by molar-refractivity contribution is -0.107. The fourth-order valence-electron chi connectivity index (χ4n) is 2.33. The van der Waals surface area contributed by atoms with Gasteiger partial charge in [0.2, 0.25) is 12.4 Å². The number of rotatable bonds is 6. The van der Waals surface area contributed by atoms with Gasteiger partial charge in [0, 0.05) is 30.0 Å². The second-order valence-corrected chi connectivity index (χ2v) is 6.59. The van der Waals surface area contributed by atoms with Crippen molar-refractivity contribution in [2.75, 3.05) is 25.0 Å². The van der Waals surface area contributed by atoms with Gasteiger partial charge in [-0.15, -0.1) is 0 Å². The standard InChI is InChI=1S/C20H23FN4O/c1-5-24(4)20(2,3)14-25(15-26)19-22-12-17(13-23-19)7-6-16-8-10-18(21)11-9-16/h8-13,15H,5,14H2,1-4H3. The maximum atomic E-state index is 12.9. The molecule has 0 N–H and O–H groups in total. The minimum Gasteiger partial charge on any atom is -0.300 e. The third-order valence-electron chi connectivity index (χ3n) is 4.28. The van der Waals surface area contributed by atoms with Gasteiger partial charge in [-0.3, -0.25) is 14.6 Å². The molecule has 2 aromatic rings. The Morgan fingerprint density at radius 2 is 1.69 bits per heavy atom. The first-order valence-electron chi connectivity index (χ1n) is 8.38. The molecule has 1 amide bonds. The minimum atomic E-state index is -0.297. The van der Waals surface area contributed by atoms with Gasteiger partial charge in [0.25, 0.3) is 0 Å². The molecule has 136 valence electrons. The van der Waals surface area contributed by atoms with Crippen molar-refractivity contribution in [1.29, 1.82) is 0 Å². The molecule has 0 unspecified atom stereocenters. The quantitative estimate of drug-likeness (QED) is 0.591. The van der Waals surface area contributed by atoms with Gasteiger partial charge >= 0.3 is 0 Å². The number of carbonyl (C=O) groups excluding carboxylic acids is 1. The lowest BCUT2D eigenvalue weighted by Crippen LogP contribution is -2.50. The number of benzene rings is 1. The van der Waals surface area contributed by atoms with Crippen molar-refractivity contribution in [1.82, 2.24) is 14.9 Å². The predicted molar refractivity (Wildman–Crippen MR) is 100 cm³/mol. The molecule has 2 rings (SSSR count). The van der Waals surface area contributed by atoms with Crippen molar-refractivity contribution < 1.29 is 9.18 Å². The Bertz CT molecular complexity index is 791. The smallest absolute Gasteiger partial charge is 0.231 e. The van der Waals surface area contributed by atoms with E-state index in [0.29, 0.717) is 23.6 Å². The zero-order valence-electron chi connectivity index (χ0n) is 15.5. The Morgan fingerprint density at radius 3 is 2.23 bits per heavy atom. The Morgan fingerprint density at radius 1 is 1.12 bits per heavy atom. The van der Waals surface area contributed by atoms with Crippen LogP contribution in [0.25, 0.3) is 0 Å². The summed E-state index contributed by atoms with van der Waals surface area (Å²) in [6.07, 6.45) is 3.89. The van der Waals surface area contributed by atoms with Gasteiger partial charge in [0.05, 0.1) is 5.56 Å². The van der Waals surface area contributed by atoms with Gasteiger partial charge in [-0.25, -0.2) is 14.4 Å². The van der Waals surface area contributed by atoms with Gasteiger partial charge in [-0.1, -0.05) is 18.8 Å². The van der Waals surface area contributed by atoms with Crippen LogP contribution in [-0.2, 0) is 4.79 Å². The topological polar surface area (TPSA) is 49.3 Å². The largest absolute Gasteiger partial charge is 0.300 e. The van der Waals surface area contributed by atoms with Gasteiger partial charge in [0.1, 0.15) is 5.82 Å². The normalized spacial score (nSPS) is 11.0. The molecule has 1 heterocycles. The zero-order valence-corrected chi connectivity index (χ0v) is 15.5. The summed E-state index contributed by atoms with van der Waals surface area (Å²) in [6, 6.07) is 5.94. The summed E-state index contributed by atoms with van der Waals surface area (Å²) in [6.45, 7) is 7.54. The summed E-state index contributed by atoms with van der Waals surface area (Å²) in [5, 5.41) is 0. The van der Waals surface area contributed by atoms with E-state index in [9.17, 15) is 9.18 Å². The number of amides is 1. The van der Waals surface area contributed by atoms with Crippen LogP contribution in [0.15, 0.2) is 36.7 Å². The molecule has 0 saturated carbocycles. The monoisotopic (exact) mass is 354 g/mol. The number of anilines is 1. The molecule has 0 aliphatic carbocycles. The molecule has 1 aromatic carbocycles. The number of nitrogens with zero attached hydrogens (tertiary/aromatic N) is 4. The number of hydrogen-bond donors (Lipinski definition) is 0. The molecule has 0 aliphatic heterocycles. The van der Waals surface area contributed by atoms with Gasteiger partial charge in [-0.05, 0) is 51.7 Å². The molecule has 0 fully saturated rings. The summed E-state index contributed by atoms with van der Waals surface area (Å²) in [5.41, 5.74) is 1.11. The minimum absolute atomic E-state index is 0.208. The fourth-order valence-corrected chi connectivity index (χ4v) is 2.33. The first-order valence-corrected chi connectivity index (χ1v) is 8.38. The van der Waals surface area contributed by atoms with Crippen LogP contribution in [0.3, 0.4) is 0 Å². The van der Waals surface area contributed by atoms with Crippen molar-refractivity contribution in [3.8, 4) is 11.8 Å². The van der Waals surface area contributed by atoms with E-state index in [1.165, 1.54) is 17.0 Å². The maximum absolute atomic E-state index is 12.9. The Kier molecular flexibility index (Phi) is 6.42. The molecule has 0 atom stereocenters. The number of likely N-dealkylation sites (N-methyl/N-ethyl adjacent to an activating group) is 1. The van der Waals surface area contributed by atoms with Gasteiger partial charge in [0.15, 0.2) is 0 Å². The van der Waals surface area contributed by atoms with Crippen molar-refractivity contribution >= 4 is 12.4 Å². The number of hydrogen-bond acceptors (Lipinski definition) is 4. The SMILES string of the molecule is CCN(C)C(C)(C)CN(C=O)c1ncc(C#Cc2ccc(F)cc2)cn1. The molecular weight excluding hydrogens is 331 g/mol. The highest BCUT2D eigenvalue weighted by atomic mass is 19.1. The highest BCUT2D eigenvalue weighted by Crippen LogP contribution is 2.16. The van der Waals surface area contributed by atoms with E-state index < -0.39 is 0 Å². The second-order valence-electron chi connectivity index (χ2n) is 6.59. The highest BCUT2D eigenvalue weighted by Gasteiger charge is 2.26. The van der Waals surface area contributed by atoms with Crippen LogP contribution < -0.4 is 4.90 Å². The van der Waals surface area contributed by atoms with E-state index in [1.54, 1.807) is 24.5 Å². The van der Waals surface area contributed by atoms with Crippen LogP contribution in [0.4, 0.5) is 10.3 Å². The maximum Gasteiger partial charge on any atom is 0.231 e. The summed E-state index contributed by atoms with van der Waals surface area (Å²) in [5.74, 6) is 5.89. The first-order chi connectivity index (χ1) is 12.4. The fraction of sp³-hybridized carbons (Fsp3) is 0.350. The van der Waals surface area contributed by atoms with Crippen LogP contribution in [-0.4, -0.2) is 47.0 Å². The van der Waals surface area contributed by atoms with Crippen molar-refractivity contribution in [3.63, 3.8) is 0 Å². The molecule has 26 heavy (non-hydrogen) atoms. The molecule has 0 spiro atoms. The lowest BCUT2D eigenvalue weighted by atomic mass is 10.0. The first kappa shape index (κ1) is 19.5. The van der Waals surface area contributed by atoms with Crippen LogP contribution in [0.1, 0.15) is 31.9 Å². The third kappa shape index (κ3) is 5.11. The Hall–Kier alpha value is -2.78. The van der Waals surface area contributed by atoms with E-state index >= 15 is 0 Å². The van der Waals surface area contributed by atoms with E-state index in [-0.39, 0.29) is 11.4 Å². The number of halogens is 1. The van der Waals surface area contributed by atoms with E-state index in [4.69, 9.17) is 0 Å². The third-order valence-corrected chi connectivity index (χ3v) is 4.28. The summed E-state index contributed by atoms with van der Waals surface area (Å²) < 4.78 is 12.9. The zero-order chi connectivity index (χ0) is 19.2. The molecule has 5 nitrogen and oxygen atoms in total. The predicted octanol–water partition coefficient (Wildman–Crippen LogP) is 2.71. The van der Waals surface area contributed by atoms with Crippen LogP contribution in [0.5, 0.6) is 0 Å². The van der Waals surface area contributed by atoms with Crippen LogP contribution in [0.2, 0.25) is 0 Å². The molecule has 0 bridgehead atoms. The molecule has 1 aromatic heterocycles. The second kappa shape index (κ2) is 8.54. The molecule has 0 aliphatic rings. The molecule has 0 radical (unpaired) electrons. The molecular formula is C20H23FN4O. The average Bonchev–Trinajstić information content (AvgIpc) is 2.65. The van der Waals surface area contributed by atoms with Gasteiger partial charge < -0.3 is 0 Å². The van der Waals surface area contributed by atoms with E-state index in [0.717, 1.165) is 13.0 Å². The van der Waals surface area contributed by atoms with E-state index in [2.05, 4.69) is 47.5 Å². The summed E-state index contributed by atoms with van der Waals surface area (Å²) in [7, 11) is 2.01. The Labute approximate surface area is 153 Å². The summed E-state index contributed by atoms with van der Waals surface area (Å²) in [4.78, 5) is 23.6. The number of carbonyl (C=O) groups is 1. The molecule has 6 heteroatoms. The van der Waals surface area contributed by atoms with Gasteiger partial charge in [-0.2, -0.15) is 0 Å². The van der Waals surface area contributed by atoms with E-state index in [1.807, 2.05) is 7.05 Å². The summed E-state index contributed by atoms with van der Waals surface area (Å²) >= 11 is 0. The van der Waals surface area contributed by atoms with Crippen LogP contribution in [0, 0.1) is 17.7 Å². The highest BCUT2D eigenvalue weighted by molar-refractivity contribution is 5.71. The number of aromatic nitrogens is 2. The Balaban J connectivity index is 2.12. The van der Waals surface area contributed by atoms with Crippen LogP contribution >= 0.6 is 0 Å². The lowest BCUT2D eigenvalue weighted by Gasteiger charge is -2.37. The van der Waals surface area contributed by atoms with Crippen molar-refractivity contribution in [3.05, 3.63) is 53.6 Å². The molecule has 0 saturated heterocycles. The average molecular weight is 354 g/mol.